The molecule has 1 N–H and O–H groups in total. The van der Waals surface area contributed by atoms with E-state index in [1.165, 1.54) is 7.11 Å². The molecule has 5 heteroatoms. The van der Waals surface area contributed by atoms with Crippen molar-refractivity contribution in [3.8, 4) is 0 Å². The molecule has 110 valence electrons. The molecule has 3 aromatic rings. The van der Waals surface area contributed by atoms with Crippen LogP contribution < -0.4 is 5.32 Å². The third kappa shape index (κ3) is 2.94. The molecule has 3 rings (SSSR count). The van der Waals surface area contributed by atoms with Gasteiger partial charge < -0.3 is 10.1 Å². The van der Waals surface area contributed by atoms with Crippen LogP contribution in [0.4, 0.5) is 5.69 Å². The average Bonchev–Trinajstić information content (AvgIpc) is 2.56. The van der Waals surface area contributed by atoms with E-state index in [9.17, 15) is 4.79 Å². The number of hydrogen-bond acceptors (Lipinski definition) is 4. The first-order valence-electron chi connectivity index (χ1n) is 6.87. The minimum atomic E-state index is -0.654. The second kappa shape index (κ2) is 6.32. The van der Waals surface area contributed by atoms with Crippen molar-refractivity contribution >= 4 is 22.6 Å². The van der Waals surface area contributed by atoms with Gasteiger partial charge in [0.05, 0.1) is 11.0 Å². The van der Waals surface area contributed by atoms with Crippen LogP contribution in [0.3, 0.4) is 0 Å². The first-order chi connectivity index (χ1) is 10.8. The minimum Gasteiger partial charge on any atom is -0.367 e. The summed E-state index contributed by atoms with van der Waals surface area (Å²) in [5.74, 6) is -0.225. The molecule has 0 spiro atoms. The average molecular weight is 293 g/mol. The van der Waals surface area contributed by atoms with Crippen LogP contribution in [0.5, 0.6) is 0 Å². The molecule has 0 saturated heterocycles. The minimum absolute atomic E-state index is 0.225. The van der Waals surface area contributed by atoms with Crippen molar-refractivity contribution in [2.45, 2.75) is 6.10 Å². The Morgan fingerprint density at radius 1 is 1.05 bits per heavy atom. The quantitative estimate of drug-likeness (QED) is 0.803. The summed E-state index contributed by atoms with van der Waals surface area (Å²) in [7, 11) is 1.52. The molecule has 0 saturated carbocycles. The lowest BCUT2D eigenvalue weighted by atomic mass is 10.1. The SMILES string of the molecule is CO[C@H](C(=O)Nc1ccc2nccnc2c1)c1ccccc1. The smallest absolute Gasteiger partial charge is 0.258 e. The summed E-state index contributed by atoms with van der Waals surface area (Å²) in [6.45, 7) is 0. The lowest BCUT2D eigenvalue weighted by Gasteiger charge is -2.15. The lowest BCUT2D eigenvalue weighted by Crippen LogP contribution is -2.22. The number of rotatable bonds is 4. The van der Waals surface area contributed by atoms with E-state index in [0.717, 1.165) is 16.6 Å². The summed E-state index contributed by atoms with van der Waals surface area (Å²) in [6.07, 6.45) is 2.60. The molecule has 0 fully saturated rings. The van der Waals surface area contributed by atoms with Crippen molar-refractivity contribution in [2.75, 3.05) is 12.4 Å². The normalized spacial score (nSPS) is 12.0. The van der Waals surface area contributed by atoms with Gasteiger partial charge >= 0.3 is 0 Å². The fraction of sp³-hybridized carbons (Fsp3) is 0.118. The Morgan fingerprint density at radius 3 is 2.50 bits per heavy atom. The summed E-state index contributed by atoms with van der Waals surface area (Å²) in [4.78, 5) is 20.8. The zero-order valence-corrected chi connectivity index (χ0v) is 12.1. The van der Waals surface area contributed by atoms with Gasteiger partial charge in [0, 0.05) is 25.2 Å². The number of anilines is 1. The number of carbonyl (C=O) groups is 1. The lowest BCUT2D eigenvalue weighted by molar-refractivity contribution is -0.126. The number of nitrogens with one attached hydrogen (secondary N) is 1. The molecule has 0 bridgehead atoms. The Balaban J connectivity index is 1.82. The molecular weight excluding hydrogens is 278 g/mol. The van der Waals surface area contributed by atoms with Gasteiger partial charge in [-0.2, -0.15) is 0 Å². The van der Waals surface area contributed by atoms with Gasteiger partial charge in [-0.1, -0.05) is 30.3 Å². The molecule has 5 nitrogen and oxygen atoms in total. The number of nitrogens with zero attached hydrogens (tertiary/aromatic N) is 2. The molecular formula is C17H15N3O2. The third-order valence-electron chi connectivity index (χ3n) is 3.31. The van der Waals surface area contributed by atoms with Crippen molar-refractivity contribution < 1.29 is 9.53 Å². The van der Waals surface area contributed by atoms with Crippen LogP contribution in [0.1, 0.15) is 11.7 Å². The largest absolute Gasteiger partial charge is 0.367 e. The maximum absolute atomic E-state index is 12.4. The summed E-state index contributed by atoms with van der Waals surface area (Å²) < 4.78 is 5.32. The number of amides is 1. The van der Waals surface area contributed by atoms with Gasteiger partial charge in [-0.3, -0.25) is 14.8 Å². The Kier molecular flexibility index (Phi) is 4.07. The third-order valence-corrected chi connectivity index (χ3v) is 3.31. The monoisotopic (exact) mass is 293 g/mol. The number of ether oxygens (including phenoxy) is 1. The fourth-order valence-corrected chi connectivity index (χ4v) is 2.27. The van der Waals surface area contributed by atoms with Crippen LogP contribution in [0, 0.1) is 0 Å². The number of methoxy groups -OCH3 is 1. The highest BCUT2D eigenvalue weighted by atomic mass is 16.5. The standard InChI is InChI=1S/C17H15N3O2/c1-22-16(12-5-3-2-4-6-12)17(21)20-13-7-8-14-15(11-13)19-10-9-18-14/h2-11,16H,1H3,(H,20,21)/t16-/m0/s1. The number of hydrogen-bond donors (Lipinski definition) is 1. The maximum atomic E-state index is 12.4. The van der Waals surface area contributed by atoms with Crippen LogP contribution >= 0.6 is 0 Å². The Hall–Kier alpha value is -2.79. The van der Waals surface area contributed by atoms with Gasteiger partial charge in [0.15, 0.2) is 6.10 Å². The molecule has 0 aliphatic rings. The molecule has 0 aliphatic carbocycles. The van der Waals surface area contributed by atoms with Crippen LogP contribution in [0.25, 0.3) is 11.0 Å². The highest BCUT2D eigenvalue weighted by Crippen LogP contribution is 2.20. The second-order valence-electron chi connectivity index (χ2n) is 4.78. The predicted octanol–water partition coefficient (Wildman–Crippen LogP) is 2.96. The van der Waals surface area contributed by atoms with Crippen molar-refractivity contribution in [3.63, 3.8) is 0 Å². The first kappa shape index (κ1) is 14.2. The number of fused-ring (bicyclic) bond motifs is 1. The van der Waals surface area contributed by atoms with E-state index >= 15 is 0 Å². The van der Waals surface area contributed by atoms with Gasteiger partial charge in [0.2, 0.25) is 0 Å². The van der Waals surface area contributed by atoms with E-state index in [0.29, 0.717) is 5.69 Å². The van der Waals surface area contributed by atoms with Crippen molar-refractivity contribution in [3.05, 3.63) is 66.5 Å². The van der Waals surface area contributed by atoms with Crippen molar-refractivity contribution in [2.24, 2.45) is 0 Å². The van der Waals surface area contributed by atoms with Gasteiger partial charge in [-0.05, 0) is 23.8 Å². The van der Waals surface area contributed by atoms with Crippen LogP contribution in [-0.4, -0.2) is 23.0 Å². The number of benzene rings is 2. The van der Waals surface area contributed by atoms with Crippen LogP contribution in [0.15, 0.2) is 60.9 Å². The van der Waals surface area contributed by atoms with E-state index in [4.69, 9.17) is 4.74 Å². The van der Waals surface area contributed by atoms with Crippen LogP contribution in [0.2, 0.25) is 0 Å². The second-order valence-corrected chi connectivity index (χ2v) is 4.78. The van der Waals surface area contributed by atoms with E-state index in [-0.39, 0.29) is 5.91 Å². The fourth-order valence-electron chi connectivity index (χ4n) is 2.27. The molecule has 1 atom stereocenters. The zero-order chi connectivity index (χ0) is 15.4. The highest BCUT2D eigenvalue weighted by molar-refractivity contribution is 5.96. The van der Waals surface area contributed by atoms with Crippen LogP contribution in [-0.2, 0) is 9.53 Å². The number of aromatic nitrogens is 2. The molecule has 1 heterocycles. The van der Waals surface area contributed by atoms with Gasteiger partial charge in [0.1, 0.15) is 0 Å². The summed E-state index contributed by atoms with van der Waals surface area (Å²) in [5.41, 5.74) is 2.99. The summed E-state index contributed by atoms with van der Waals surface area (Å²) in [5, 5.41) is 2.85. The van der Waals surface area contributed by atoms with Crippen molar-refractivity contribution in [1.29, 1.82) is 0 Å². The Bertz CT molecular complexity index is 790. The topological polar surface area (TPSA) is 64.1 Å². The highest BCUT2D eigenvalue weighted by Gasteiger charge is 2.19. The predicted molar refractivity (Wildman–Crippen MR) is 84.4 cm³/mol. The molecule has 2 aromatic carbocycles. The number of carbonyl (C=O) groups excluding carboxylic acids is 1. The summed E-state index contributed by atoms with van der Waals surface area (Å²) >= 11 is 0. The van der Waals surface area contributed by atoms with E-state index in [1.54, 1.807) is 24.5 Å². The van der Waals surface area contributed by atoms with E-state index < -0.39 is 6.10 Å². The van der Waals surface area contributed by atoms with E-state index in [1.807, 2.05) is 36.4 Å². The molecule has 0 radical (unpaired) electrons. The summed E-state index contributed by atoms with van der Waals surface area (Å²) in [6, 6.07) is 14.8. The van der Waals surface area contributed by atoms with Gasteiger partial charge in [0.25, 0.3) is 5.91 Å². The van der Waals surface area contributed by atoms with E-state index in [2.05, 4.69) is 15.3 Å². The molecule has 0 aliphatic heterocycles. The molecule has 1 amide bonds. The zero-order valence-electron chi connectivity index (χ0n) is 12.1. The molecule has 22 heavy (non-hydrogen) atoms. The first-order valence-corrected chi connectivity index (χ1v) is 6.87. The Morgan fingerprint density at radius 2 is 1.77 bits per heavy atom. The Labute approximate surface area is 128 Å². The van der Waals surface area contributed by atoms with Crippen molar-refractivity contribution in [1.82, 2.24) is 9.97 Å². The molecule has 1 aromatic heterocycles. The van der Waals surface area contributed by atoms with Gasteiger partial charge in [-0.15, -0.1) is 0 Å². The van der Waals surface area contributed by atoms with Gasteiger partial charge in [-0.25, -0.2) is 0 Å². The molecule has 0 unspecified atom stereocenters. The maximum Gasteiger partial charge on any atom is 0.258 e.